The van der Waals surface area contributed by atoms with Crippen LogP contribution in [0, 0.1) is 0 Å². The van der Waals surface area contributed by atoms with Crippen molar-refractivity contribution in [1.82, 2.24) is 5.32 Å². The molecule has 0 spiro atoms. The predicted octanol–water partition coefficient (Wildman–Crippen LogP) is 2.28. The summed E-state index contributed by atoms with van der Waals surface area (Å²) in [7, 11) is 0. The maximum atomic E-state index is 9.96. The van der Waals surface area contributed by atoms with E-state index in [0.717, 1.165) is 25.0 Å². The first-order chi connectivity index (χ1) is 10.2. The van der Waals surface area contributed by atoms with Crippen molar-refractivity contribution in [1.29, 1.82) is 0 Å². The molecule has 2 rings (SSSR count). The summed E-state index contributed by atoms with van der Waals surface area (Å²) in [6.07, 6.45) is 2.03. The number of rotatable bonds is 9. The van der Waals surface area contributed by atoms with Crippen LogP contribution < -0.4 is 5.32 Å². The highest BCUT2D eigenvalue weighted by Gasteiger charge is 2.29. The summed E-state index contributed by atoms with van der Waals surface area (Å²) in [6, 6.07) is 10.5. The molecular formula is C17H27NO3. The van der Waals surface area contributed by atoms with Crippen LogP contribution in [0.4, 0.5) is 0 Å². The lowest BCUT2D eigenvalue weighted by Gasteiger charge is -2.36. The van der Waals surface area contributed by atoms with E-state index >= 15 is 0 Å². The van der Waals surface area contributed by atoms with Gasteiger partial charge in [0.25, 0.3) is 0 Å². The van der Waals surface area contributed by atoms with E-state index in [9.17, 15) is 5.11 Å². The number of ether oxygens (including phenoxy) is 2. The van der Waals surface area contributed by atoms with E-state index in [1.54, 1.807) is 0 Å². The fraction of sp³-hybridized carbons (Fsp3) is 0.647. The van der Waals surface area contributed by atoms with Gasteiger partial charge in [-0.25, -0.2) is 0 Å². The quantitative estimate of drug-likeness (QED) is 0.733. The van der Waals surface area contributed by atoms with Gasteiger partial charge < -0.3 is 19.9 Å². The Kier molecular flexibility index (Phi) is 6.64. The van der Waals surface area contributed by atoms with Gasteiger partial charge in [0.05, 0.1) is 24.9 Å². The molecule has 0 saturated heterocycles. The van der Waals surface area contributed by atoms with E-state index in [1.165, 1.54) is 0 Å². The van der Waals surface area contributed by atoms with Crippen molar-refractivity contribution in [3.63, 3.8) is 0 Å². The second-order valence-electron chi connectivity index (χ2n) is 5.69. The molecule has 0 amide bonds. The van der Waals surface area contributed by atoms with Gasteiger partial charge in [0.2, 0.25) is 0 Å². The zero-order valence-corrected chi connectivity index (χ0v) is 13.0. The standard InChI is InChI=1S/C17H27NO3/c1-3-20-17-9-15(10-17)18-11-16(19)12-21-13(2)14-7-5-4-6-8-14/h4-8,13,15-19H,3,9-12H2,1-2H3. The molecule has 1 aromatic rings. The van der Waals surface area contributed by atoms with Crippen molar-refractivity contribution in [3.05, 3.63) is 35.9 Å². The molecule has 118 valence electrons. The van der Waals surface area contributed by atoms with Gasteiger partial charge in [-0.1, -0.05) is 30.3 Å². The lowest BCUT2D eigenvalue weighted by molar-refractivity contribution is -0.0231. The normalized spacial score (nSPS) is 24.3. The molecule has 2 unspecified atom stereocenters. The average Bonchev–Trinajstić information content (AvgIpc) is 2.47. The van der Waals surface area contributed by atoms with Gasteiger partial charge in [-0.15, -0.1) is 0 Å². The Balaban J connectivity index is 1.57. The van der Waals surface area contributed by atoms with Gasteiger partial charge in [0, 0.05) is 19.2 Å². The fourth-order valence-corrected chi connectivity index (χ4v) is 2.54. The third-order valence-corrected chi connectivity index (χ3v) is 3.95. The summed E-state index contributed by atoms with van der Waals surface area (Å²) in [5.74, 6) is 0. The molecule has 0 aliphatic heterocycles. The SMILES string of the molecule is CCOC1CC(NCC(O)COC(C)c2ccccc2)C1. The van der Waals surface area contributed by atoms with E-state index in [2.05, 4.69) is 5.32 Å². The molecule has 0 radical (unpaired) electrons. The molecule has 21 heavy (non-hydrogen) atoms. The zero-order chi connectivity index (χ0) is 15.1. The maximum Gasteiger partial charge on any atom is 0.0898 e. The molecule has 2 atom stereocenters. The van der Waals surface area contributed by atoms with E-state index in [1.807, 2.05) is 44.2 Å². The van der Waals surface area contributed by atoms with Crippen LogP contribution in [-0.2, 0) is 9.47 Å². The summed E-state index contributed by atoms with van der Waals surface area (Å²) in [4.78, 5) is 0. The van der Waals surface area contributed by atoms with E-state index in [-0.39, 0.29) is 6.10 Å². The van der Waals surface area contributed by atoms with Crippen molar-refractivity contribution in [2.24, 2.45) is 0 Å². The molecule has 4 nitrogen and oxygen atoms in total. The van der Waals surface area contributed by atoms with Gasteiger partial charge in [-0.05, 0) is 32.3 Å². The molecule has 4 heteroatoms. The minimum atomic E-state index is -0.470. The Hall–Kier alpha value is -0.940. The highest BCUT2D eigenvalue weighted by atomic mass is 16.5. The molecule has 1 aromatic carbocycles. The Morgan fingerprint density at radius 2 is 2.00 bits per heavy atom. The average molecular weight is 293 g/mol. The summed E-state index contributed by atoms with van der Waals surface area (Å²) >= 11 is 0. The van der Waals surface area contributed by atoms with Crippen LogP contribution in [0.2, 0.25) is 0 Å². The van der Waals surface area contributed by atoms with E-state index in [4.69, 9.17) is 9.47 Å². The number of nitrogens with one attached hydrogen (secondary N) is 1. The topological polar surface area (TPSA) is 50.7 Å². The Bertz CT molecular complexity index is 392. The van der Waals surface area contributed by atoms with Crippen molar-refractivity contribution >= 4 is 0 Å². The Morgan fingerprint density at radius 1 is 1.29 bits per heavy atom. The van der Waals surface area contributed by atoms with E-state index in [0.29, 0.717) is 25.3 Å². The summed E-state index contributed by atoms with van der Waals surface area (Å²) in [6.45, 7) is 5.74. The van der Waals surface area contributed by atoms with Crippen molar-refractivity contribution < 1.29 is 14.6 Å². The summed E-state index contributed by atoms with van der Waals surface area (Å²) in [5.41, 5.74) is 1.14. The van der Waals surface area contributed by atoms with Crippen LogP contribution >= 0.6 is 0 Å². The first-order valence-corrected chi connectivity index (χ1v) is 7.88. The molecule has 1 aliphatic rings. The largest absolute Gasteiger partial charge is 0.389 e. The van der Waals surface area contributed by atoms with Crippen LogP contribution in [0.1, 0.15) is 38.4 Å². The number of aliphatic hydroxyl groups is 1. The number of hydrogen-bond acceptors (Lipinski definition) is 4. The highest BCUT2D eigenvalue weighted by Crippen LogP contribution is 2.23. The van der Waals surface area contributed by atoms with Gasteiger partial charge in [0.15, 0.2) is 0 Å². The maximum absolute atomic E-state index is 9.96. The van der Waals surface area contributed by atoms with Crippen molar-refractivity contribution in [3.8, 4) is 0 Å². The second kappa shape index (κ2) is 8.49. The van der Waals surface area contributed by atoms with Crippen LogP contribution in [0.3, 0.4) is 0 Å². The molecule has 0 aromatic heterocycles. The molecule has 0 bridgehead atoms. The molecule has 2 N–H and O–H groups in total. The molecule has 1 fully saturated rings. The highest BCUT2D eigenvalue weighted by molar-refractivity contribution is 5.16. The first-order valence-electron chi connectivity index (χ1n) is 7.88. The summed E-state index contributed by atoms with van der Waals surface area (Å²) in [5, 5.41) is 13.3. The second-order valence-corrected chi connectivity index (χ2v) is 5.69. The third-order valence-electron chi connectivity index (χ3n) is 3.95. The lowest BCUT2D eigenvalue weighted by Crippen LogP contribution is -2.48. The minimum absolute atomic E-state index is 0.00638. The lowest BCUT2D eigenvalue weighted by atomic mass is 9.89. The van der Waals surface area contributed by atoms with Gasteiger partial charge in [0.1, 0.15) is 0 Å². The minimum Gasteiger partial charge on any atom is -0.389 e. The number of aliphatic hydroxyl groups excluding tert-OH is 1. The first kappa shape index (κ1) is 16.4. The molecule has 1 saturated carbocycles. The van der Waals surface area contributed by atoms with Crippen molar-refractivity contribution in [2.75, 3.05) is 19.8 Å². The predicted molar refractivity (Wildman–Crippen MR) is 83.3 cm³/mol. The molecule has 0 heterocycles. The van der Waals surface area contributed by atoms with Gasteiger partial charge >= 0.3 is 0 Å². The molecule has 1 aliphatic carbocycles. The summed E-state index contributed by atoms with van der Waals surface area (Å²) < 4.78 is 11.2. The van der Waals surface area contributed by atoms with Crippen LogP contribution in [0.25, 0.3) is 0 Å². The third kappa shape index (κ3) is 5.40. The van der Waals surface area contributed by atoms with Crippen LogP contribution in [0.5, 0.6) is 0 Å². The zero-order valence-electron chi connectivity index (χ0n) is 13.0. The number of hydrogen-bond donors (Lipinski definition) is 2. The fourth-order valence-electron chi connectivity index (χ4n) is 2.54. The van der Waals surface area contributed by atoms with Crippen LogP contribution in [0.15, 0.2) is 30.3 Å². The van der Waals surface area contributed by atoms with Gasteiger partial charge in [-0.3, -0.25) is 0 Å². The Morgan fingerprint density at radius 3 is 2.67 bits per heavy atom. The smallest absolute Gasteiger partial charge is 0.0898 e. The van der Waals surface area contributed by atoms with Crippen molar-refractivity contribution in [2.45, 2.75) is 51.0 Å². The monoisotopic (exact) mass is 293 g/mol. The van der Waals surface area contributed by atoms with Crippen LogP contribution in [-0.4, -0.2) is 43.1 Å². The van der Waals surface area contributed by atoms with E-state index < -0.39 is 6.10 Å². The number of benzene rings is 1. The molecular weight excluding hydrogens is 266 g/mol. The Labute approximate surface area is 127 Å². The van der Waals surface area contributed by atoms with Gasteiger partial charge in [-0.2, -0.15) is 0 Å².